The van der Waals surface area contributed by atoms with Crippen molar-refractivity contribution in [2.45, 2.75) is 37.6 Å². The predicted molar refractivity (Wildman–Crippen MR) is 65.5 cm³/mol. The average molecular weight is 247 g/mol. The van der Waals surface area contributed by atoms with Crippen LogP contribution in [0.5, 0.6) is 0 Å². The van der Waals surface area contributed by atoms with Gasteiger partial charge in [-0.25, -0.2) is 0 Å². The van der Waals surface area contributed by atoms with Gasteiger partial charge in [-0.15, -0.1) is 0 Å². The first-order chi connectivity index (χ1) is 8.69. The zero-order chi connectivity index (χ0) is 12.6. The fourth-order valence-electron chi connectivity index (χ4n) is 2.52. The second-order valence-electron chi connectivity index (χ2n) is 4.98. The molecule has 0 radical (unpaired) electrons. The highest BCUT2D eigenvalue weighted by Crippen LogP contribution is 2.33. The Balaban J connectivity index is 1.92. The van der Waals surface area contributed by atoms with Gasteiger partial charge in [0.05, 0.1) is 5.54 Å². The highest BCUT2D eigenvalue weighted by molar-refractivity contribution is 5.46. The molecule has 2 aromatic heterocycles. The minimum Gasteiger partial charge on any atom is -0.332 e. The molecule has 0 bridgehead atoms. The maximum absolute atomic E-state index is 6.38. The molecule has 0 amide bonds. The quantitative estimate of drug-likeness (QED) is 0.871. The third-order valence-electron chi connectivity index (χ3n) is 3.66. The molecule has 6 nitrogen and oxygen atoms in total. The van der Waals surface area contributed by atoms with Crippen LogP contribution in [0.2, 0.25) is 0 Å². The minimum atomic E-state index is -0.418. The molecule has 1 fully saturated rings. The number of nitrogens with zero attached hydrogens (tertiary/aromatic N) is 4. The second kappa shape index (κ2) is 4.20. The maximum atomic E-state index is 6.38. The van der Waals surface area contributed by atoms with E-state index in [2.05, 4.69) is 15.2 Å². The molecule has 0 saturated heterocycles. The van der Waals surface area contributed by atoms with Gasteiger partial charge in [0.1, 0.15) is 5.69 Å². The van der Waals surface area contributed by atoms with Gasteiger partial charge in [0.2, 0.25) is 0 Å². The van der Waals surface area contributed by atoms with Crippen molar-refractivity contribution in [1.82, 2.24) is 19.9 Å². The third kappa shape index (κ3) is 1.82. The summed E-state index contributed by atoms with van der Waals surface area (Å²) < 4.78 is 7.02. The first kappa shape index (κ1) is 11.4. The Hall–Kier alpha value is -1.69. The van der Waals surface area contributed by atoms with Gasteiger partial charge in [-0.05, 0) is 18.9 Å². The Bertz CT molecular complexity index is 538. The topological polar surface area (TPSA) is 82.8 Å². The van der Waals surface area contributed by atoms with Gasteiger partial charge in [-0.1, -0.05) is 24.4 Å². The second-order valence-corrected chi connectivity index (χ2v) is 4.98. The molecular weight excluding hydrogens is 230 g/mol. The molecular formula is C12H17N5O. The average Bonchev–Trinajstić information content (AvgIpc) is 2.98. The van der Waals surface area contributed by atoms with Crippen LogP contribution in [0.1, 0.15) is 37.9 Å². The molecule has 18 heavy (non-hydrogen) atoms. The number of aromatic nitrogens is 4. The number of hydrogen-bond donors (Lipinski definition) is 1. The molecule has 6 heteroatoms. The summed E-state index contributed by atoms with van der Waals surface area (Å²) >= 11 is 0. The van der Waals surface area contributed by atoms with Crippen LogP contribution in [0.3, 0.4) is 0 Å². The molecule has 2 N–H and O–H groups in total. The molecule has 1 aliphatic rings. The molecule has 0 spiro atoms. The summed E-state index contributed by atoms with van der Waals surface area (Å²) in [5, 5.41) is 8.15. The minimum absolute atomic E-state index is 0.418. The van der Waals surface area contributed by atoms with Gasteiger partial charge >= 0.3 is 0 Å². The molecule has 3 rings (SSSR count). The van der Waals surface area contributed by atoms with Crippen molar-refractivity contribution in [2.75, 3.05) is 0 Å². The van der Waals surface area contributed by atoms with Gasteiger partial charge in [0.15, 0.2) is 5.82 Å². The molecule has 1 saturated carbocycles. The van der Waals surface area contributed by atoms with Crippen molar-refractivity contribution in [3.63, 3.8) is 0 Å². The van der Waals surface area contributed by atoms with Crippen LogP contribution in [0, 0.1) is 0 Å². The summed E-state index contributed by atoms with van der Waals surface area (Å²) in [5.41, 5.74) is 6.77. The van der Waals surface area contributed by atoms with E-state index in [4.69, 9.17) is 10.3 Å². The van der Waals surface area contributed by atoms with E-state index in [1.807, 2.05) is 13.1 Å². The Morgan fingerprint density at radius 1 is 1.33 bits per heavy atom. The molecule has 0 aromatic carbocycles. The van der Waals surface area contributed by atoms with Gasteiger partial charge in [0, 0.05) is 13.2 Å². The fourth-order valence-corrected chi connectivity index (χ4v) is 2.52. The maximum Gasteiger partial charge on any atom is 0.276 e. The van der Waals surface area contributed by atoms with E-state index >= 15 is 0 Å². The molecule has 1 aliphatic carbocycles. The van der Waals surface area contributed by atoms with Crippen LogP contribution >= 0.6 is 0 Å². The summed E-state index contributed by atoms with van der Waals surface area (Å²) in [7, 11) is 1.85. The van der Waals surface area contributed by atoms with E-state index < -0.39 is 5.54 Å². The van der Waals surface area contributed by atoms with E-state index in [-0.39, 0.29) is 0 Å². The van der Waals surface area contributed by atoms with Crippen LogP contribution in [0.25, 0.3) is 11.6 Å². The number of hydrogen-bond acceptors (Lipinski definition) is 5. The standard InChI is InChI=1S/C12H17N5O/c1-17-9(5-8-14-17)10-15-11(16-18-10)12(13)6-3-2-4-7-12/h5,8H,2-4,6-7,13H2,1H3. The third-order valence-corrected chi connectivity index (χ3v) is 3.66. The van der Waals surface area contributed by atoms with Crippen molar-refractivity contribution in [3.05, 3.63) is 18.1 Å². The SMILES string of the molecule is Cn1nccc1-c1nc(C2(N)CCCCC2)no1. The highest BCUT2D eigenvalue weighted by Gasteiger charge is 2.34. The fraction of sp³-hybridized carbons (Fsp3) is 0.583. The van der Waals surface area contributed by atoms with Crippen molar-refractivity contribution in [3.8, 4) is 11.6 Å². The van der Waals surface area contributed by atoms with Crippen LogP contribution in [-0.4, -0.2) is 19.9 Å². The van der Waals surface area contributed by atoms with E-state index in [0.29, 0.717) is 11.7 Å². The summed E-state index contributed by atoms with van der Waals surface area (Å²) in [5.74, 6) is 1.11. The Kier molecular flexibility index (Phi) is 2.66. The van der Waals surface area contributed by atoms with E-state index in [9.17, 15) is 0 Å². The number of aryl methyl sites for hydroxylation is 1. The van der Waals surface area contributed by atoms with Crippen LogP contribution in [0.4, 0.5) is 0 Å². The Morgan fingerprint density at radius 2 is 2.11 bits per heavy atom. The lowest BCUT2D eigenvalue weighted by atomic mass is 9.82. The van der Waals surface area contributed by atoms with Crippen molar-refractivity contribution < 1.29 is 4.52 Å². The zero-order valence-corrected chi connectivity index (χ0v) is 10.5. The van der Waals surface area contributed by atoms with E-state index in [0.717, 1.165) is 31.4 Å². The number of nitrogens with two attached hydrogens (primary N) is 1. The normalized spacial score (nSPS) is 19.0. The number of rotatable bonds is 2. The summed E-state index contributed by atoms with van der Waals surface area (Å²) in [6, 6.07) is 1.85. The van der Waals surface area contributed by atoms with Gasteiger partial charge < -0.3 is 10.3 Å². The molecule has 2 heterocycles. The lowest BCUT2D eigenvalue weighted by Gasteiger charge is -2.29. The summed E-state index contributed by atoms with van der Waals surface area (Å²) in [4.78, 5) is 4.45. The highest BCUT2D eigenvalue weighted by atomic mass is 16.5. The first-order valence-corrected chi connectivity index (χ1v) is 6.30. The summed E-state index contributed by atoms with van der Waals surface area (Å²) in [6.45, 7) is 0. The summed E-state index contributed by atoms with van der Waals surface area (Å²) in [6.07, 6.45) is 7.07. The lowest BCUT2D eigenvalue weighted by Crippen LogP contribution is -2.39. The monoisotopic (exact) mass is 247 g/mol. The van der Waals surface area contributed by atoms with Crippen LogP contribution in [0.15, 0.2) is 16.8 Å². The lowest BCUT2D eigenvalue weighted by molar-refractivity contribution is 0.275. The van der Waals surface area contributed by atoms with Gasteiger partial charge in [0.25, 0.3) is 5.89 Å². The molecule has 96 valence electrons. The van der Waals surface area contributed by atoms with Crippen molar-refractivity contribution in [1.29, 1.82) is 0 Å². The molecule has 0 unspecified atom stereocenters. The Labute approximate surface area is 105 Å². The first-order valence-electron chi connectivity index (χ1n) is 6.30. The van der Waals surface area contributed by atoms with Crippen LogP contribution in [-0.2, 0) is 12.6 Å². The smallest absolute Gasteiger partial charge is 0.276 e. The van der Waals surface area contributed by atoms with Crippen LogP contribution < -0.4 is 5.73 Å². The van der Waals surface area contributed by atoms with Crippen molar-refractivity contribution >= 4 is 0 Å². The predicted octanol–water partition coefficient (Wildman–Crippen LogP) is 1.59. The zero-order valence-electron chi connectivity index (χ0n) is 10.5. The van der Waals surface area contributed by atoms with E-state index in [1.165, 1.54) is 6.42 Å². The van der Waals surface area contributed by atoms with Gasteiger partial charge in [-0.2, -0.15) is 10.1 Å². The largest absolute Gasteiger partial charge is 0.332 e. The molecule has 0 atom stereocenters. The molecule has 0 aliphatic heterocycles. The van der Waals surface area contributed by atoms with E-state index in [1.54, 1.807) is 10.9 Å². The Morgan fingerprint density at radius 3 is 2.78 bits per heavy atom. The van der Waals surface area contributed by atoms with Crippen molar-refractivity contribution in [2.24, 2.45) is 12.8 Å². The molecule has 2 aromatic rings. The van der Waals surface area contributed by atoms with Gasteiger partial charge in [-0.3, -0.25) is 4.68 Å².